The highest BCUT2D eigenvalue weighted by Crippen LogP contribution is 2.26. The second kappa shape index (κ2) is 6.65. The van der Waals surface area contributed by atoms with Crippen molar-refractivity contribution in [3.05, 3.63) is 23.8 Å². The van der Waals surface area contributed by atoms with Crippen molar-refractivity contribution in [2.45, 2.75) is 31.3 Å². The van der Waals surface area contributed by atoms with Crippen LogP contribution in [0.3, 0.4) is 0 Å². The number of anilines is 1. The Balaban J connectivity index is 2.78. The van der Waals surface area contributed by atoms with E-state index in [1.54, 1.807) is 32.9 Å². The molecule has 0 spiro atoms. The van der Waals surface area contributed by atoms with Gasteiger partial charge in [0.25, 0.3) is 0 Å². The van der Waals surface area contributed by atoms with E-state index in [0.29, 0.717) is 16.1 Å². The summed E-state index contributed by atoms with van der Waals surface area (Å²) in [6, 6.07) is 4.89. The fourth-order valence-corrected chi connectivity index (χ4v) is 2.24. The lowest BCUT2D eigenvalue weighted by Crippen LogP contribution is -2.25. The van der Waals surface area contributed by atoms with E-state index in [-0.39, 0.29) is 11.7 Å². The Kier molecular flexibility index (Phi) is 5.44. The predicted molar refractivity (Wildman–Crippen MR) is 78.8 cm³/mol. The highest BCUT2D eigenvalue weighted by Gasteiger charge is 2.18. The molecule has 0 saturated heterocycles. The number of nitrogens with two attached hydrogens (primary N) is 1. The summed E-state index contributed by atoms with van der Waals surface area (Å²) in [6.45, 7) is 5.41. The molecule has 1 rings (SSSR count). The molecule has 1 aromatic rings. The Hall–Kier alpha value is -1.69. The van der Waals surface area contributed by atoms with Gasteiger partial charge in [0.1, 0.15) is 5.60 Å². The molecule has 0 aliphatic carbocycles. The van der Waals surface area contributed by atoms with Crippen LogP contribution in [-0.4, -0.2) is 30.4 Å². The number of carbonyl (C=O) groups is 2. The van der Waals surface area contributed by atoms with E-state index in [9.17, 15) is 9.59 Å². The van der Waals surface area contributed by atoms with Crippen molar-refractivity contribution in [3.8, 4) is 0 Å². The van der Waals surface area contributed by atoms with E-state index in [0.717, 1.165) is 0 Å². The normalized spacial score (nSPS) is 11.0. The van der Waals surface area contributed by atoms with Crippen molar-refractivity contribution >= 4 is 29.4 Å². The third-order valence-electron chi connectivity index (χ3n) is 2.17. The average molecular weight is 297 g/mol. The van der Waals surface area contributed by atoms with Gasteiger partial charge >= 0.3 is 11.9 Å². The van der Waals surface area contributed by atoms with Crippen LogP contribution < -0.4 is 5.73 Å². The van der Waals surface area contributed by atoms with Crippen LogP contribution in [0.25, 0.3) is 0 Å². The fourth-order valence-electron chi connectivity index (χ4n) is 1.45. The first kappa shape index (κ1) is 16.4. The second-order valence-electron chi connectivity index (χ2n) is 5.12. The Labute approximate surface area is 122 Å². The smallest absolute Gasteiger partial charge is 0.339 e. The fraction of sp³-hybridized carbons (Fsp3) is 0.429. The molecule has 0 saturated carbocycles. The molecule has 0 amide bonds. The number of benzene rings is 1. The third kappa shape index (κ3) is 5.13. The number of rotatable bonds is 4. The van der Waals surface area contributed by atoms with E-state index in [1.165, 1.54) is 24.9 Å². The van der Waals surface area contributed by atoms with Crippen LogP contribution in [0.4, 0.5) is 5.69 Å². The minimum absolute atomic E-state index is 0.116. The van der Waals surface area contributed by atoms with Crippen molar-refractivity contribution in [2.24, 2.45) is 0 Å². The number of carbonyl (C=O) groups excluding carboxylic acids is 2. The molecule has 0 radical (unpaired) electrons. The highest BCUT2D eigenvalue weighted by atomic mass is 32.2. The monoisotopic (exact) mass is 297 g/mol. The van der Waals surface area contributed by atoms with Crippen molar-refractivity contribution in [1.29, 1.82) is 0 Å². The topological polar surface area (TPSA) is 78.6 Å². The summed E-state index contributed by atoms with van der Waals surface area (Å²) >= 11 is 1.22. The Morgan fingerprint density at radius 2 is 1.95 bits per heavy atom. The molecule has 0 bridgehead atoms. The summed E-state index contributed by atoms with van der Waals surface area (Å²) in [5, 5.41) is 0. The van der Waals surface area contributed by atoms with Gasteiger partial charge in [-0.25, -0.2) is 4.79 Å². The van der Waals surface area contributed by atoms with Crippen molar-refractivity contribution in [3.63, 3.8) is 0 Å². The first-order valence-corrected chi connectivity index (χ1v) is 7.04. The van der Waals surface area contributed by atoms with E-state index >= 15 is 0 Å². The third-order valence-corrected chi connectivity index (χ3v) is 3.22. The SMILES string of the molecule is COC(=O)c1cc(N)ccc1SCC(=O)OC(C)(C)C. The van der Waals surface area contributed by atoms with Crippen molar-refractivity contribution < 1.29 is 19.1 Å². The standard InChI is InChI=1S/C14H19NO4S/c1-14(2,3)19-12(16)8-20-11-6-5-9(15)7-10(11)13(17)18-4/h5-7H,8,15H2,1-4H3. The molecule has 2 N–H and O–H groups in total. The summed E-state index contributed by atoms with van der Waals surface area (Å²) in [7, 11) is 1.30. The van der Waals surface area contributed by atoms with Gasteiger partial charge in [-0.3, -0.25) is 4.79 Å². The molecule has 0 aliphatic rings. The van der Waals surface area contributed by atoms with E-state index in [1.807, 2.05) is 0 Å². The molecular weight excluding hydrogens is 278 g/mol. The molecule has 110 valence electrons. The van der Waals surface area contributed by atoms with E-state index < -0.39 is 11.6 Å². The molecule has 20 heavy (non-hydrogen) atoms. The minimum atomic E-state index is -0.524. The van der Waals surface area contributed by atoms with Crippen LogP contribution in [0.2, 0.25) is 0 Å². The zero-order valence-electron chi connectivity index (χ0n) is 12.1. The van der Waals surface area contributed by atoms with Gasteiger partial charge in [-0.2, -0.15) is 0 Å². The van der Waals surface area contributed by atoms with Crippen LogP contribution in [0.5, 0.6) is 0 Å². The number of ether oxygens (including phenoxy) is 2. The molecule has 0 heterocycles. The zero-order valence-corrected chi connectivity index (χ0v) is 12.9. The van der Waals surface area contributed by atoms with Gasteiger partial charge < -0.3 is 15.2 Å². The predicted octanol–water partition coefficient (Wildman–Crippen LogP) is 2.49. The minimum Gasteiger partial charge on any atom is -0.465 e. The van der Waals surface area contributed by atoms with Gasteiger partial charge in [-0.15, -0.1) is 11.8 Å². The quantitative estimate of drug-likeness (QED) is 0.522. The molecule has 6 heteroatoms. The van der Waals surface area contributed by atoms with E-state index in [2.05, 4.69) is 0 Å². The number of esters is 2. The van der Waals surface area contributed by atoms with Crippen molar-refractivity contribution in [2.75, 3.05) is 18.6 Å². The lowest BCUT2D eigenvalue weighted by Gasteiger charge is -2.19. The van der Waals surface area contributed by atoms with Crippen LogP contribution in [-0.2, 0) is 14.3 Å². The molecule has 0 aliphatic heterocycles. The maximum absolute atomic E-state index is 11.7. The summed E-state index contributed by atoms with van der Waals surface area (Å²) in [5.74, 6) is -0.704. The molecular formula is C14H19NO4S. The summed E-state index contributed by atoms with van der Waals surface area (Å²) in [5.41, 5.74) is 5.94. The first-order chi connectivity index (χ1) is 9.23. The number of hydrogen-bond donors (Lipinski definition) is 1. The number of thioether (sulfide) groups is 1. The Morgan fingerprint density at radius 1 is 1.30 bits per heavy atom. The van der Waals surface area contributed by atoms with Gasteiger partial charge in [0.15, 0.2) is 0 Å². The second-order valence-corrected chi connectivity index (χ2v) is 6.14. The van der Waals surface area contributed by atoms with Gasteiger partial charge in [0.05, 0.1) is 18.4 Å². The number of methoxy groups -OCH3 is 1. The van der Waals surface area contributed by atoms with Crippen LogP contribution in [0, 0.1) is 0 Å². The number of hydrogen-bond acceptors (Lipinski definition) is 6. The lowest BCUT2D eigenvalue weighted by molar-refractivity contribution is -0.151. The molecule has 0 aromatic heterocycles. The summed E-state index contributed by atoms with van der Waals surface area (Å²) < 4.78 is 9.90. The summed E-state index contributed by atoms with van der Waals surface area (Å²) in [6.07, 6.45) is 0. The molecule has 0 fully saturated rings. The van der Waals surface area contributed by atoms with Gasteiger partial charge in [0.2, 0.25) is 0 Å². The molecule has 0 unspecified atom stereocenters. The lowest BCUT2D eigenvalue weighted by atomic mass is 10.2. The largest absolute Gasteiger partial charge is 0.465 e. The Bertz CT molecular complexity index is 508. The van der Waals surface area contributed by atoms with Gasteiger partial charge in [0, 0.05) is 10.6 Å². The summed E-state index contributed by atoms with van der Waals surface area (Å²) in [4.78, 5) is 24.0. The number of nitrogen functional groups attached to an aromatic ring is 1. The average Bonchev–Trinajstić information content (AvgIpc) is 2.34. The maximum atomic E-state index is 11.7. The van der Waals surface area contributed by atoms with Gasteiger partial charge in [-0.1, -0.05) is 0 Å². The molecule has 0 atom stereocenters. The maximum Gasteiger partial charge on any atom is 0.339 e. The molecule has 5 nitrogen and oxygen atoms in total. The first-order valence-electron chi connectivity index (χ1n) is 6.05. The van der Waals surface area contributed by atoms with Crippen LogP contribution >= 0.6 is 11.8 Å². The Morgan fingerprint density at radius 3 is 2.50 bits per heavy atom. The van der Waals surface area contributed by atoms with Crippen LogP contribution in [0.15, 0.2) is 23.1 Å². The molecule has 1 aromatic carbocycles. The highest BCUT2D eigenvalue weighted by molar-refractivity contribution is 8.00. The van der Waals surface area contributed by atoms with Crippen molar-refractivity contribution in [1.82, 2.24) is 0 Å². The van der Waals surface area contributed by atoms with E-state index in [4.69, 9.17) is 15.2 Å². The van der Waals surface area contributed by atoms with Gasteiger partial charge in [-0.05, 0) is 39.0 Å². The zero-order chi connectivity index (χ0) is 15.3. The van der Waals surface area contributed by atoms with Crippen LogP contribution in [0.1, 0.15) is 31.1 Å².